The van der Waals surface area contributed by atoms with E-state index in [9.17, 15) is 0 Å². The van der Waals surface area contributed by atoms with Crippen molar-refractivity contribution in [2.45, 2.75) is 50.0 Å². The predicted octanol–water partition coefficient (Wildman–Crippen LogP) is 3.22. The van der Waals surface area contributed by atoms with Gasteiger partial charge in [-0.15, -0.1) is 0 Å². The van der Waals surface area contributed by atoms with Crippen molar-refractivity contribution in [3.63, 3.8) is 0 Å². The van der Waals surface area contributed by atoms with Gasteiger partial charge in [0.05, 0.1) is 19.8 Å². The van der Waals surface area contributed by atoms with E-state index in [1.807, 2.05) is 48.5 Å². The fraction of sp³-hybridized carbons (Fsp3) is 0.478. The standard InChI is InChI=1S/C23H26O6/c1-3-8-16(9-4-1)14-26-20-19-18(28-23-21(20)24-12-7-13-25-23)15-27-22(29-19)17-10-5-2-6-11-17/h1-6,8-11,18-23H,7,12-15H2/t18-,19-,20+,21-,22?,23-/m1/s1. The summed E-state index contributed by atoms with van der Waals surface area (Å²) in [4.78, 5) is 0. The molecule has 3 aliphatic heterocycles. The fourth-order valence-electron chi connectivity index (χ4n) is 4.07. The topological polar surface area (TPSA) is 55.4 Å². The van der Waals surface area contributed by atoms with Crippen molar-refractivity contribution in [1.82, 2.24) is 0 Å². The molecule has 3 saturated heterocycles. The van der Waals surface area contributed by atoms with E-state index < -0.39 is 12.6 Å². The lowest BCUT2D eigenvalue weighted by Gasteiger charge is -2.48. The lowest BCUT2D eigenvalue weighted by molar-refractivity contribution is -0.366. The minimum absolute atomic E-state index is 0.265. The molecule has 0 aromatic heterocycles. The third kappa shape index (κ3) is 4.23. The van der Waals surface area contributed by atoms with Gasteiger partial charge in [-0.2, -0.15) is 0 Å². The Balaban J connectivity index is 1.38. The van der Waals surface area contributed by atoms with Crippen molar-refractivity contribution < 1.29 is 28.4 Å². The first kappa shape index (κ1) is 19.2. The molecule has 1 unspecified atom stereocenters. The van der Waals surface area contributed by atoms with Gasteiger partial charge in [-0.1, -0.05) is 60.7 Å². The quantitative estimate of drug-likeness (QED) is 0.788. The molecule has 0 aliphatic carbocycles. The smallest absolute Gasteiger partial charge is 0.186 e. The Labute approximate surface area is 170 Å². The maximum absolute atomic E-state index is 6.38. The van der Waals surface area contributed by atoms with Gasteiger partial charge in [-0.3, -0.25) is 0 Å². The van der Waals surface area contributed by atoms with E-state index in [-0.39, 0.29) is 24.4 Å². The number of hydrogen-bond acceptors (Lipinski definition) is 6. The zero-order valence-electron chi connectivity index (χ0n) is 16.2. The molecule has 0 saturated carbocycles. The van der Waals surface area contributed by atoms with Crippen molar-refractivity contribution in [1.29, 1.82) is 0 Å². The van der Waals surface area contributed by atoms with Crippen LogP contribution in [0.2, 0.25) is 0 Å². The molecule has 0 amide bonds. The van der Waals surface area contributed by atoms with E-state index in [2.05, 4.69) is 12.1 Å². The molecular weight excluding hydrogens is 372 g/mol. The second-order valence-corrected chi connectivity index (χ2v) is 7.54. The summed E-state index contributed by atoms with van der Waals surface area (Å²) in [5.41, 5.74) is 2.08. The largest absolute Gasteiger partial charge is 0.370 e. The van der Waals surface area contributed by atoms with Gasteiger partial charge in [0.2, 0.25) is 0 Å². The Hall–Kier alpha value is -1.80. The third-order valence-electron chi connectivity index (χ3n) is 5.52. The summed E-state index contributed by atoms with van der Waals surface area (Å²) in [6, 6.07) is 20.1. The van der Waals surface area contributed by atoms with Crippen LogP contribution in [0.3, 0.4) is 0 Å². The summed E-state index contributed by atoms with van der Waals surface area (Å²) >= 11 is 0. The first-order chi connectivity index (χ1) is 14.4. The van der Waals surface area contributed by atoms with Crippen molar-refractivity contribution >= 4 is 0 Å². The van der Waals surface area contributed by atoms with E-state index in [0.29, 0.717) is 26.4 Å². The van der Waals surface area contributed by atoms with Gasteiger partial charge in [0, 0.05) is 12.2 Å². The van der Waals surface area contributed by atoms with Crippen molar-refractivity contribution in [2.24, 2.45) is 0 Å². The summed E-state index contributed by atoms with van der Waals surface area (Å²) in [7, 11) is 0. The molecule has 6 atom stereocenters. The second-order valence-electron chi connectivity index (χ2n) is 7.54. The number of benzene rings is 2. The average Bonchev–Trinajstić information content (AvgIpc) is 3.03. The van der Waals surface area contributed by atoms with Crippen LogP contribution < -0.4 is 0 Å². The van der Waals surface area contributed by atoms with Gasteiger partial charge in [0.1, 0.15) is 24.4 Å². The van der Waals surface area contributed by atoms with Crippen LogP contribution >= 0.6 is 0 Å². The molecule has 0 spiro atoms. The van der Waals surface area contributed by atoms with Crippen molar-refractivity contribution in [3.8, 4) is 0 Å². The highest BCUT2D eigenvalue weighted by Crippen LogP contribution is 2.37. The van der Waals surface area contributed by atoms with E-state index in [4.69, 9.17) is 28.4 Å². The van der Waals surface area contributed by atoms with Gasteiger partial charge in [-0.05, 0) is 12.0 Å². The molecule has 2 aromatic carbocycles. The molecular formula is C23H26O6. The molecule has 0 radical (unpaired) electrons. The van der Waals surface area contributed by atoms with Crippen LogP contribution in [0.15, 0.2) is 60.7 Å². The molecule has 6 heteroatoms. The number of ether oxygens (including phenoxy) is 6. The minimum Gasteiger partial charge on any atom is -0.370 e. The lowest BCUT2D eigenvalue weighted by atomic mass is 9.97. The molecule has 29 heavy (non-hydrogen) atoms. The summed E-state index contributed by atoms with van der Waals surface area (Å²) in [6.07, 6.45) is -1.31. The first-order valence-electron chi connectivity index (χ1n) is 10.2. The highest BCUT2D eigenvalue weighted by atomic mass is 16.8. The fourth-order valence-corrected chi connectivity index (χ4v) is 4.07. The Kier molecular flexibility index (Phi) is 5.90. The summed E-state index contributed by atoms with van der Waals surface area (Å²) in [6.45, 7) is 2.12. The zero-order valence-corrected chi connectivity index (χ0v) is 16.2. The van der Waals surface area contributed by atoms with Gasteiger partial charge >= 0.3 is 0 Å². The highest BCUT2D eigenvalue weighted by Gasteiger charge is 2.52. The lowest BCUT2D eigenvalue weighted by Crippen LogP contribution is -2.63. The Morgan fingerprint density at radius 3 is 2.38 bits per heavy atom. The van der Waals surface area contributed by atoms with Gasteiger partial charge in [0.15, 0.2) is 12.6 Å². The maximum atomic E-state index is 6.38. The molecule has 5 rings (SSSR count). The third-order valence-corrected chi connectivity index (χ3v) is 5.52. The maximum Gasteiger partial charge on any atom is 0.186 e. The molecule has 0 bridgehead atoms. The van der Waals surface area contributed by atoms with Crippen molar-refractivity contribution in [3.05, 3.63) is 71.8 Å². The number of rotatable bonds is 4. The SMILES string of the molecule is c1ccc(CO[C@@H]2[C@H]3OCCCO[C@@H]3O[C@@H]3COC(c4ccccc4)O[C@@H]23)cc1. The van der Waals surface area contributed by atoms with Crippen LogP contribution in [-0.4, -0.2) is 50.5 Å². The molecule has 0 N–H and O–H groups in total. The van der Waals surface area contributed by atoms with E-state index in [0.717, 1.165) is 17.5 Å². The number of fused-ring (bicyclic) bond motifs is 2. The molecule has 3 fully saturated rings. The van der Waals surface area contributed by atoms with E-state index >= 15 is 0 Å². The van der Waals surface area contributed by atoms with Crippen LogP contribution in [0.4, 0.5) is 0 Å². The molecule has 3 heterocycles. The molecule has 6 nitrogen and oxygen atoms in total. The van der Waals surface area contributed by atoms with Crippen molar-refractivity contribution in [2.75, 3.05) is 19.8 Å². The number of hydrogen-bond donors (Lipinski definition) is 0. The predicted molar refractivity (Wildman–Crippen MR) is 104 cm³/mol. The van der Waals surface area contributed by atoms with E-state index in [1.54, 1.807) is 0 Å². The minimum atomic E-state index is -0.472. The summed E-state index contributed by atoms with van der Waals surface area (Å²) in [5, 5.41) is 0. The van der Waals surface area contributed by atoms with Gasteiger partial charge in [0.25, 0.3) is 0 Å². The Morgan fingerprint density at radius 2 is 1.55 bits per heavy atom. The Bertz CT molecular complexity index is 769. The molecule has 2 aromatic rings. The second kappa shape index (κ2) is 8.92. The zero-order chi connectivity index (χ0) is 19.5. The molecule has 3 aliphatic rings. The van der Waals surface area contributed by atoms with Gasteiger partial charge < -0.3 is 28.4 Å². The Morgan fingerprint density at radius 1 is 0.793 bits per heavy atom. The average molecular weight is 398 g/mol. The van der Waals surface area contributed by atoms with Gasteiger partial charge in [-0.25, -0.2) is 0 Å². The molecule has 154 valence electrons. The van der Waals surface area contributed by atoms with Crippen LogP contribution in [-0.2, 0) is 35.0 Å². The van der Waals surface area contributed by atoms with E-state index in [1.165, 1.54) is 0 Å². The normalized spacial score (nSPS) is 34.6. The van der Waals surface area contributed by atoms with Crippen LogP contribution in [0.5, 0.6) is 0 Å². The van der Waals surface area contributed by atoms with Crippen LogP contribution in [0, 0.1) is 0 Å². The van der Waals surface area contributed by atoms with Crippen LogP contribution in [0.1, 0.15) is 23.8 Å². The highest BCUT2D eigenvalue weighted by molar-refractivity contribution is 5.17. The summed E-state index contributed by atoms with van der Waals surface area (Å²) < 4.78 is 36.9. The summed E-state index contributed by atoms with van der Waals surface area (Å²) in [5.74, 6) is 0. The first-order valence-corrected chi connectivity index (χ1v) is 10.2. The monoisotopic (exact) mass is 398 g/mol. The van der Waals surface area contributed by atoms with Crippen LogP contribution in [0.25, 0.3) is 0 Å².